The van der Waals surface area contributed by atoms with Crippen molar-refractivity contribution in [3.05, 3.63) is 47.9 Å². The number of ether oxygens (including phenoxy) is 1. The second-order valence-corrected chi connectivity index (χ2v) is 4.45. The fraction of sp³-hybridized carbons (Fsp3) is 0.143. The summed E-state index contributed by atoms with van der Waals surface area (Å²) in [7, 11) is 0. The van der Waals surface area contributed by atoms with Gasteiger partial charge in [0.2, 0.25) is 5.88 Å². The minimum Gasteiger partial charge on any atom is -0.478 e. The van der Waals surface area contributed by atoms with E-state index in [1.165, 1.54) is 24.4 Å². The summed E-state index contributed by atoms with van der Waals surface area (Å²) in [5.74, 6) is -0.683. The van der Waals surface area contributed by atoms with E-state index in [4.69, 9.17) is 4.74 Å². The van der Waals surface area contributed by atoms with Crippen LogP contribution in [-0.2, 0) is 0 Å². The Kier molecular flexibility index (Phi) is 4.57. The molecule has 0 aliphatic carbocycles. The van der Waals surface area contributed by atoms with Crippen LogP contribution in [0.5, 0.6) is 5.88 Å². The quantitative estimate of drug-likeness (QED) is 0.851. The van der Waals surface area contributed by atoms with Crippen LogP contribution in [-0.4, -0.2) is 17.5 Å². The fourth-order valence-electron chi connectivity index (χ4n) is 1.57. The Morgan fingerprint density at radius 3 is 2.85 bits per heavy atom. The van der Waals surface area contributed by atoms with Crippen molar-refractivity contribution < 1.29 is 13.9 Å². The highest BCUT2D eigenvalue weighted by Crippen LogP contribution is 2.16. The fourth-order valence-corrected chi connectivity index (χ4v) is 1.78. The van der Waals surface area contributed by atoms with Gasteiger partial charge in [-0.05, 0) is 31.2 Å². The van der Waals surface area contributed by atoms with Crippen LogP contribution in [0.25, 0.3) is 0 Å². The maximum absolute atomic E-state index is 13.6. The number of amides is 1. The Bertz CT molecular complexity index is 617. The van der Waals surface area contributed by atoms with Crippen LogP contribution in [0, 0.1) is 5.82 Å². The lowest BCUT2D eigenvalue weighted by Crippen LogP contribution is -2.14. The molecule has 1 aromatic heterocycles. The third-order valence-electron chi connectivity index (χ3n) is 2.48. The second-order valence-electron chi connectivity index (χ2n) is 3.94. The predicted molar refractivity (Wildman–Crippen MR) is 77.0 cm³/mol. The number of hydrogen-bond acceptors (Lipinski definition) is 4. The molecule has 0 atom stereocenters. The summed E-state index contributed by atoms with van der Waals surface area (Å²) in [6.45, 7) is 2.36. The van der Waals surface area contributed by atoms with E-state index in [9.17, 15) is 9.18 Å². The van der Waals surface area contributed by atoms with Crippen molar-refractivity contribution >= 4 is 24.2 Å². The molecule has 1 aromatic carbocycles. The van der Waals surface area contributed by atoms with E-state index in [2.05, 4.69) is 22.9 Å². The standard InChI is InChI=1S/C14H13FN2O2S/c1-2-19-13-6-3-9(8-16-13)17-14(18)11-7-10(20)4-5-12(11)15/h3-8,20H,2H2,1H3,(H,17,18). The molecule has 0 spiro atoms. The number of hydrogen-bond donors (Lipinski definition) is 2. The summed E-state index contributed by atoms with van der Waals surface area (Å²) in [5, 5.41) is 2.56. The molecule has 2 aromatic rings. The molecule has 4 nitrogen and oxygen atoms in total. The van der Waals surface area contributed by atoms with Crippen LogP contribution >= 0.6 is 12.6 Å². The van der Waals surface area contributed by atoms with Gasteiger partial charge in [-0.1, -0.05) is 0 Å². The van der Waals surface area contributed by atoms with Crippen LogP contribution in [0.1, 0.15) is 17.3 Å². The normalized spacial score (nSPS) is 10.2. The van der Waals surface area contributed by atoms with E-state index in [0.29, 0.717) is 23.1 Å². The third-order valence-corrected chi connectivity index (χ3v) is 2.76. The highest BCUT2D eigenvalue weighted by atomic mass is 32.1. The van der Waals surface area contributed by atoms with Gasteiger partial charge < -0.3 is 10.1 Å². The molecule has 1 amide bonds. The molecule has 0 saturated heterocycles. The van der Waals surface area contributed by atoms with Crippen molar-refractivity contribution in [3.8, 4) is 5.88 Å². The van der Waals surface area contributed by atoms with Gasteiger partial charge in [-0.25, -0.2) is 9.37 Å². The minimum absolute atomic E-state index is 0.0635. The second kappa shape index (κ2) is 6.38. The monoisotopic (exact) mass is 292 g/mol. The number of anilines is 1. The molecule has 0 unspecified atom stereocenters. The molecule has 104 valence electrons. The zero-order chi connectivity index (χ0) is 14.5. The molecule has 1 heterocycles. The summed E-state index contributed by atoms with van der Waals surface area (Å²) in [6.07, 6.45) is 1.45. The molecule has 2 rings (SSSR count). The van der Waals surface area contributed by atoms with Crippen LogP contribution in [0.3, 0.4) is 0 Å². The highest BCUT2D eigenvalue weighted by Gasteiger charge is 2.12. The van der Waals surface area contributed by atoms with Crippen molar-refractivity contribution in [2.75, 3.05) is 11.9 Å². The van der Waals surface area contributed by atoms with Gasteiger partial charge >= 0.3 is 0 Å². The van der Waals surface area contributed by atoms with E-state index in [0.717, 1.165) is 0 Å². The van der Waals surface area contributed by atoms with Crippen LogP contribution in [0.4, 0.5) is 10.1 Å². The van der Waals surface area contributed by atoms with Crippen LogP contribution < -0.4 is 10.1 Å². The Hall–Kier alpha value is -2.08. The van der Waals surface area contributed by atoms with Gasteiger partial charge in [-0.15, -0.1) is 12.6 Å². The molecule has 0 aliphatic rings. The molecular weight excluding hydrogens is 279 g/mol. The van der Waals surface area contributed by atoms with Crippen molar-refractivity contribution in [2.45, 2.75) is 11.8 Å². The van der Waals surface area contributed by atoms with E-state index >= 15 is 0 Å². The van der Waals surface area contributed by atoms with Crippen molar-refractivity contribution in [2.24, 2.45) is 0 Å². The first-order valence-corrected chi connectivity index (χ1v) is 6.43. The molecule has 0 saturated carbocycles. The molecule has 0 aliphatic heterocycles. The number of halogens is 1. The molecular formula is C14H13FN2O2S. The maximum atomic E-state index is 13.6. The molecule has 1 N–H and O–H groups in total. The molecule has 6 heteroatoms. The minimum atomic E-state index is -0.598. The smallest absolute Gasteiger partial charge is 0.258 e. The maximum Gasteiger partial charge on any atom is 0.258 e. The first-order chi connectivity index (χ1) is 9.60. The summed E-state index contributed by atoms with van der Waals surface area (Å²) >= 11 is 4.08. The van der Waals surface area contributed by atoms with Crippen molar-refractivity contribution in [1.82, 2.24) is 4.98 Å². The van der Waals surface area contributed by atoms with Gasteiger partial charge in [0.1, 0.15) is 5.82 Å². The first kappa shape index (κ1) is 14.3. The van der Waals surface area contributed by atoms with Gasteiger partial charge in [0.05, 0.1) is 24.1 Å². The number of carbonyl (C=O) groups is 1. The summed E-state index contributed by atoms with van der Waals surface area (Å²) in [6, 6.07) is 7.32. The Morgan fingerprint density at radius 1 is 1.40 bits per heavy atom. The predicted octanol–water partition coefficient (Wildman–Crippen LogP) is 3.16. The molecule has 0 radical (unpaired) electrons. The average Bonchev–Trinajstić information content (AvgIpc) is 2.44. The SMILES string of the molecule is CCOc1ccc(NC(=O)c2cc(S)ccc2F)cn1. The van der Waals surface area contributed by atoms with Gasteiger partial charge in [0.25, 0.3) is 5.91 Å². The number of carbonyl (C=O) groups excluding carboxylic acids is 1. The van der Waals surface area contributed by atoms with E-state index in [1.54, 1.807) is 12.1 Å². The van der Waals surface area contributed by atoms with Crippen LogP contribution in [0.2, 0.25) is 0 Å². The lowest BCUT2D eigenvalue weighted by Gasteiger charge is -2.07. The molecule has 0 fully saturated rings. The summed E-state index contributed by atoms with van der Waals surface area (Å²) < 4.78 is 18.7. The van der Waals surface area contributed by atoms with E-state index in [-0.39, 0.29) is 5.56 Å². The number of pyridine rings is 1. The van der Waals surface area contributed by atoms with E-state index in [1.807, 2.05) is 6.92 Å². The van der Waals surface area contributed by atoms with Crippen molar-refractivity contribution in [3.63, 3.8) is 0 Å². The largest absolute Gasteiger partial charge is 0.478 e. The average molecular weight is 292 g/mol. The molecule has 0 bridgehead atoms. The number of nitrogens with zero attached hydrogens (tertiary/aromatic N) is 1. The lowest BCUT2D eigenvalue weighted by atomic mass is 10.2. The zero-order valence-corrected chi connectivity index (χ0v) is 11.7. The number of aromatic nitrogens is 1. The first-order valence-electron chi connectivity index (χ1n) is 5.99. The number of nitrogens with one attached hydrogen (secondary N) is 1. The van der Waals surface area contributed by atoms with Gasteiger partial charge in [-0.2, -0.15) is 0 Å². The Morgan fingerprint density at radius 2 is 2.20 bits per heavy atom. The van der Waals surface area contributed by atoms with Crippen molar-refractivity contribution in [1.29, 1.82) is 0 Å². The highest BCUT2D eigenvalue weighted by molar-refractivity contribution is 7.80. The van der Waals surface area contributed by atoms with Gasteiger partial charge in [0, 0.05) is 11.0 Å². The molecule has 20 heavy (non-hydrogen) atoms. The number of benzene rings is 1. The van der Waals surface area contributed by atoms with E-state index < -0.39 is 11.7 Å². The Labute approximate surface area is 121 Å². The number of rotatable bonds is 4. The summed E-state index contributed by atoms with van der Waals surface area (Å²) in [4.78, 5) is 16.5. The third kappa shape index (κ3) is 3.48. The lowest BCUT2D eigenvalue weighted by molar-refractivity contribution is 0.102. The Balaban J connectivity index is 2.13. The van der Waals surface area contributed by atoms with Gasteiger partial charge in [-0.3, -0.25) is 4.79 Å². The zero-order valence-electron chi connectivity index (χ0n) is 10.8. The number of thiol groups is 1. The summed E-state index contributed by atoms with van der Waals surface area (Å²) in [5.41, 5.74) is 0.397. The topological polar surface area (TPSA) is 51.2 Å². The van der Waals surface area contributed by atoms with Crippen LogP contribution in [0.15, 0.2) is 41.4 Å². The van der Waals surface area contributed by atoms with Gasteiger partial charge in [0.15, 0.2) is 0 Å².